The van der Waals surface area contributed by atoms with Gasteiger partial charge in [-0.15, -0.1) is 13.2 Å². The zero-order valence-electron chi connectivity index (χ0n) is 14.9. The van der Waals surface area contributed by atoms with Crippen molar-refractivity contribution in [2.24, 2.45) is 0 Å². The lowest BCUT2D eigenvalue weighted by molar-refractivity contribution is -0.274. The number of aromatic nitrogens is 2. The van der Waals surface area contributed by atoms with E-state index in [0.29, 0.717) is 34.5 Å². The Bertz CT molecular complexity index is 1030. The van der Waals surface area contributed by atoms with E-state index in [2.05, 4.69) is 20.4 Å². The van der Waals surface area contributed by atoms with Gasteiger partial charge in [-0.3, -0.25) is 4.84 Å². The molecule has 3 aromatic rings. The molecule has 1 aliphatic heterocycles. The van der Waals surface area contributed by atoms with Crippen molar-refractivity contribution in [3.8, 4) is 23.0 Å². The van der Waals surface area contributed by atoms with E-state index >= 15 is 0 Å². The molecular formula is C19H14F3N3O4. The summed E-state index contributed by atoms with van der Waals surface area (Å²) in [5, 5.41) is 3.75. The molecule has 2 heterocycles. The van der Waals surface area contributed by atoms with Crippen LogP contribution in [0.2, 0.25) is 0 Å². The molecule has 0 radical (unpaired) electrons. The maximum Gasteiger partial charge on any atom is 0.573 e. The SMILES string of the molecule is Cc1noc(-c2cccc(OC3=CC(c4ccc(OC(F)(F)F)cc4)ON3)c2)n1. The molecule has 2 aromatic carbocycles. The smallest absolute Gasteiger partial charge is 0.439 e. The van der Waals surface area contributed by atoms with E-state index in [9.17, 15) is 13.2 Å². The van der Waals surface area contributed by atoms with Gasteiger partial charge in [-0.25, -0.2) is 5.48 Å². The Morgan fingerprint density at radius 1 is 1.07 bits per heavy atom. The fourth-order valence-corrected chi connectivity index (χ4v) is 2.64. The predicted molar refractivity (Wildman–Crippen MR) is 93.3 cm³/mol. The zero-order valence-corrected chi connectivity index (χ0v) is 14.9. The van der Waals surface area contributed by atoms with E-state index in [1.165, 1.54) is 24.3 Å². The minimum Gasteiger partial charge on any atom is -0.439 e. The molecule has 0 saturated carbocycles. The van der Waals surface area contributed by atoms with Crippen LogP contribution in [-0.4, -0.2) is 16.5 Å². The summed E-state index contributed by atoms with van der Waals surface area (Å²) in [5.74, 6) is 1.44. The summed E-state index contributed by atoms with van der Waals surface area (Å²) < 4.78 is 51.5. The van der Waals surface area contributed by atoms with Gasteiger partial charge < -0.3 is 14.0 Å². The summed E-state index contributed by atoms with van der Waals surface area (Å²) in [6.07, 6.45) is -3.61. The fraction of sp³-hybridized carbons (Fsp3) is 0.158. The zero-order chi connectivity index (χ0) is 20.4. The van der Waals surface area contributed by atoms with Crippen LogP contribution in [0.4, 0.5) is 13.2 Å². The van der Waals surface area contributed by atoms with Gasteiger partial charge in [0, 0.05) is 11.6 Å². The van der Waals surface area contributed by atoms with Crippen LogP contribution in [0.3, 0.4) is 0 Å². The van der Waals surface area contributed by atoms with Crippen molar-refractivity contribution in [1.82, 2.24) is 15.6 Å². The van der Waals surface area contributed by atoms with Crippen LogP contribution < -0.4 is 15.0 Å². The highest BCUT2D eigenvalue weighted by molar-refractivity contribution is 5.55. The molecule has 7 nitrogen and oxygen atoms in total. The van der Waals surface area contributed by atoms with Gasteiger partial charge in [-0.05, 0) is 42.8 Å². The first-order valence-corrected chi connectivity index (χ1v) is 8.43. The van der Waals surface area contributed by atoms with Crippen molar-refractivity contribution in [3.63, 3.8) is 0 Å². The largest absolute Gasteiger partial charge is 0.573 e. The number of benzene rings is 2. The summed E-state index contributed by atoms with van der Waals surface area (Å²) in [6, 6.07) is 12.4. The van der Waals surface area contributed by atoms with Gasteiger partial charge >= 0.3 is 6.36 Å². The van der Waals surface area contributed by atoms with Crippen LogP contribution in [0.25, 0.3) is 11.5 Å². The normalized spacial score (nSPS) is 16.3. The molecule has 0 fully saturated rings. The second-order valence-corrected chi connectivity index (χ2v) is 6.06. The van der Waals surface area contributed by atoms with E-state index in [1.807, 2.05) is 0 Å². The van der Waals surface area contributed by atoms with Crippen molar-refractivity contribution in [1.29, 1.82) is 0 Å². The number of nitrogens with zero attached hydrogens (tertiary/aromatic N) is 2. The predicted octanol–water partition coefficient (Wildman–Crippen LogP) is 4.44. The van der Waals surface area contributed by atoms with Gasteiger partial charge in [-0.1, -0.05) is 23.4 Å². The van der Waals surface area contributed by atoms with Gasteiger partial charge in [-0.2, -0.15) is 4.98 Å². The molecule has 0 saturated heterocycles. The van der Waals surface area contributed by atoms with Crippen molar-refractivity contribution >= 4 is 0 Å². The molecule has 10 heteroatoms. The molecular weight excluding hydrogens is 391 g/mol. The Hall–Kier alpha value is -3.53. The molecule has 1 N–H and O–H groups in total. The molecule has 0 amide bonds. The number of halogens is 3. The summed E-state index contributed by atoms with van der Waals surface area (Å²) >= 11 is 0. The third kappa shape index (κ3) is 4.66. The highest BCUT2D eigenvalue weighted by atomic mass is 19.4. The number of hydrogen-bond donors (Lipinski definition) is 1. The summed E-state index contributed by atoms with van der Waals surface area (Å²) in [6.45, 7) is 1.72. The average Bonchev–Trinajstić information content (AvgIpc) is 3.31. The number of rotatable bonds is 5. The number of aryl methyl sites for hydroxylation is 1. The average molecular weight is 405 g/mol. The molecule has 1 aromatic heterocycles. The maximum absolute atomic E-state index is 12.2. The van der Waals surface area contributed by atoms with Gasteiger partial charge in [0.25, 0.3) is 5.89 Å². The van der Waals surface area contributed by atoms with E-state index in [-0.39, 0.29) is 5.75 Å². The van der Waals surface area contributed by atoms with Gasteiger partial charge in [0.05, 0.1) is 0 Å². The number of nitrogens with one attached hydrogen (secondary N) is 1. The van der Waals surface area contributed by atoms with Crippen molar-refractivity contribution in [2.45, 2.75) is 19.4 Å². The number of alkyl halides is 3. The van der Waals surface area contributed by atoms with E-state index in [0.717, 1.165) is 0 Å². The Balaban J connectivity index is 1.44. The second kappa shape index (κ2) is 7.47. The summed E-state index contributed by atoms with van der Waals surface area (Å²) in [7, 11) is 0. The molecule has 1 atom stereocenters. The highest BCUT2D eigenvalue weighted by Crippen LogP contribution is 2.30. The quantitative estimate of drug-likeness (QED) is 0.672. The first-order valence-electron chi connectivity index (χ1n) is 8.43. The standard InChI is InChI=1S/C19H14F3N3O4/c1-11-23-18(29-24-11)13-3-2-4-15(9-13)26-17-10-16(28-25-17)12-5-7-14(8-6-12)27-19(20,21)22/h2-10,16,25H,1H3. The number of hydrogen-bond acceptors (Lipinski definition) is 7. The van der Waals surface area contributed by atoms with Gasteiger partial charge in [0.2, 0.25) is 5.88 Å². The maximum atomic E-state index is 12.2. The van der Waals surface area contributed by atoms with E-state index in [1.54, 1.807) is 37.3 Å². The monoisotopic (exact) mass is 405 g/mol. The minimum absolute atomic E-state index is 0.305. The second-order valence-electron chi connectivity index (χ2n) is 6.06. The first-order chi connectivity index (χ1) is 13.9. The third-order valence-electron chi connectivity index (χ3n) is 3.87. The van der Waals surface area contributed by atoms with Gasteiger partial charge in [0.1, 0.15) is 17.6 Å². The van der Waals surface area contributed by atoms with Crippen LogP contribution in [0.5, 0.6) is 11.5 Å². The number of ether oxygens (including phenoxy) is 2. The summed E-state index contributed by atoms with van der Waals surface area (Å²) in [4.78, 5) is 9.58. The molecule has 0 bridgehead atoms. The number of hydroxylamine groups is 1. The summed E-state index contributed by atoms with van der Waals surface area (Å²) in [5.41, 5.74) is 3.97. The molecule has 1 aliphatic rings. The molecule has 0 spiro atoms. The Morgan fingerprint density at radius 2 is 1.86 bits per heavy atom. The van der Waals surface area contributed by atoms with E-state index in [4.69, 9.17) is 14.1 Å². The van der Waals surface area contributed by atoms with Crippen LogP contribution >= 0.6 is 0 Å². The first kappa shape index (κ1) is 18.8. The molecule has 1 unspecified atom stereocenters. The lowest BCUT2D eigenvalue weighted by atomic mass is 10.1. The molecule has 4 rings (SSSR count). The Morgan fingerprint density at radius 3 is 2.55 bits per heavy atom. The molecule has 0 aliphatic carbocycles. The lowest BCUT2D eigenvalue weighted by Crippen LogP contribution is -2.17. The van der Waals surface area contributed by atoms with Crippen LogP contribution in [0.15, 0.2) is 65.0 Å². The van der Waals surface area contributed by atoms with Crippen LogP contribution in [-0.2, 0) is 4.84 Å². The van der Waals surface area contributed by atoms with E-state index < -0.39 is 12.5 Å². The fourth-order valence-electron chi connectivity index (χ4n) is 2.64. The lowest BCUT2D eigenvalue weighted by Gasteiger charge is -2.11. The van der Waals surface area contributed by atoms with Crippen molar-refractivity contribution < 1.29 is 32.0 Å². The van der Waals surface area contributed by atoms with Crippen molar-refractivity contribution in [2.75, 3.05) is 0 Å². The van der Waals surface area contributed by atoms with Crippen LogP contribution in [0, 0.1) is 6.92 Å². The third-order valence-corrected chi connectivity index (χ3v) is 3.87. The Kier molecular flexibility index (Phi) is 4.85. The highest BCUT2D eigenvalue weighted by Gasteiger charge is 2.31. The van der Waals surface area contributed by atoms with Crippen LogP contribution in [0.1, 0.15) is 17.5 Å². The Labute approximate surface area is 162 Å². The van der Waals surface area contributed by atoms with Crippen molar-refractivity contribution in [3.05, 3.63) is 71.9 Å². The molecule has 150 valence electrons. The van der Waals surface area contributed by atoms with Gasteiger partial charge in [0.15, 0.2) is 5.82 Å². The minimum atomic E-state index is -4.73. The topological polar surface area (TPSA) is 78.6 Å². The molecule has 29 heavy (non-hydrogen) atoms.